The van der Waals surface area contributed by atoms with Gasteiger partial charge in [0.25, 0.3) is 15.9 Å². The van der Waals surface area contributed by atoms with Crippen LogP contribution in [0.25, 0.3) is 0 Å². The van der Waals surface area contributed by atoms with Crippen molar-refractivity contribution in [1.82, 2.24) is 15.8 Å². The average molecular weight is 552 g/mol. The van der Waals surface area contributed by atoms with Gasteiger partial charge in [0.15, 0.2) is 0 Å². The first-order chi connectivity index (χ1) is 18.8. The number of para-hydroxylation sites is 1. The monoisotopic (exact) mass is 551 g/mol. The van der Waals surface area contributed by atoms with Crippen molar-refractivity contribution in [3.8, 4) is 5.75 Å². The first-order valence-corrected chi connectivity index (χ1v) is 14.1. The normalized spacial score (nSPS) is 13.9. The molecular formula is C28H33N5O5S. The number of nitrogens with one attached hydrogen (secondary N) is 2. The van der Waals surface area contributed by atoms with Crippen LogP contribution < -0.4 is 24.8 Å². The maximum atomic E-state index is 13.1. The summed E-state index contributed by atoms with van der Waals surface area (Å²) in [5.41, 5.74) is 6.55. The summed E-state index contributed by atoms with van der Waals surface area (Å²) >= 11 is 0. The Morgan fingerprint density at radius 1 is 0.897 bits per heavy atom. The van der Waals surface area contributed by atoms with E-state index in [1.165, 1.54) is 44.1 Å². The Bertz CT molecular complexity index is 1370. The summed E-state index contributed by atoms with van der Waals surface area (Å²) in [5, 5.41) is 0. The SMILES string of the molecule is COc1ccc(N(C)S(=O)(=O)c2cccc(C(=O)NNC(=O)CCN3CCN(c4ccccc4)CC3)c2)cc1. The number of hydrogen-bond donors (Lipinski definition) is 2. The van der Waals surface area contributed by atoms with Gasteiger partial charge in [-0.15, -0.1) is 0 Å². The van der Waals surface area contributed by atoms with Crippen LogP contribution in [0.3, 0.4) is 0 Å². The lowest BCUT2D eigenvalue weighted by molar-refractivity contribution is -0.122. The molecule has 3 aromatic rings. The molecule has 0 radical (unpaired) electrons. The molecule has 0 bridgehead atoms. The maximum Gasteiger partial charge on any atom is 0.269 e. The van der Waals surface area contributed by atoms with E-state index >= 15 is 0 Å². The van der Waals surface area contributed by atoms with Crippen molar-refractivity contribution in [2.24, 2.45) is 0 Å². The van der Waals surface area contributed by atoms with Crippen LogP contribution in [0.5, 0.6) is 5.75 Å². The van der Waals surface area contributed by atoms with Gasteiger partial charge in [0.05, 0.1) is 17.7 Å². The smallest absolute Gasteiger partial charge is 0.269 e. The van der Waals surface area contributed by atoms with Gasteiger partial charge in [-0.05, 0) is 54.6 Å². The summed E-state index contributed by atoms with van der Waals surface area (Å²) in [6.07, 6.45) is 0.229. The first kappa shape index (κ1) is 27.9. The number of rotatable bonds is 9. The van der Waals surface area contributed by atoms with E-state index in [9.17, 15) is 18.0 Å². The Morgan fingerprint density at radius 3 is 2.26 bits per heavy atom. The van der Waals surface area contributed by atoms with Gasteiger partial charge in [-0.1, -0.05) is 24.3 Å². The first-order valence-electron chi connectivity index (χ1n) is 12.6. The Labute approximate surface area is 229 Å². The molecule has 0 saturated carbocycles. The lowest BCUT2D eigenvalue weighted by Crippen LogP contribution is -2.48. The molecule has 0 unspecified atom stereocenters. The third kappa shape index (κ3) is 7.06. The van der Waals surface area contributed by atoms with Crippen LogP contribution in [0, 0.1) is 0 Å². The van der Waals surface area contributed by atoms with Gasteiger partial charge in [-0.25, -0.2) is 8.42 Å². The molecule has 11 heteroatoms. The van der Waals surface area contributed by atoms with Crippen molar-refractivity contribution >= 4 is 33.2 Å². The molecule has 3 aromatic carbocycles. The molecule has 1 heterocycles. The summed E-state index contributed by atoms with van der Waals surface area (Å²) in [6, 6.07) is 22.5. The van der Waals surface area contributed by atoms with Crippen molar-refractivity contribution < 1.29 is 22.7 Å². The van der Waals surface area contributed by atoms with Crippen LogP contribution >= 0.6 is 0 Å². The number of ether oxygens (including phenoxy) is 1. The summed E-state index contributed by atoms with van der Waals surface area (Å²) in [7, 11) is -0.959. The third-order valence-electron chi connectivity index (χ3n) is 6.65. The predicted molar refractivity (Wildman–Crippen MR) is 150 cm³/mol. The minimum absolute atomic E-state index is 0.0468. The van der Waals surface area contributed by atoms with E-state index in [0.29, 0.717) is 18.0 Å². The highest BCUT2D eigenvalue weighted by Gasteiger charge is 2.23. The number of anilines is 2. The number of sulfonamides is 1. The zero-order valence-electron chi connectivity index (χ0n) is 22.0. The molecule has 4 rings (SSSR count). The van der Waals surface area contributed by atoms with Gasteiger partial charge in [-0.2, -0.15) is 0 Å². The minimum Gasteiger partial charge on any atom is -0.497 e. The number of benzene rings is 3. The fraction of sp³-hybridized carbons (Fsp3) is 0.286. The van der Waals surface area contributed by atoms with E-state index in [1.54, 1.807) is 24.3 Å². The molecular weight excluding hydrogens is 518 g/mol. The average Bonchev–Trinajstić information content (AvgIpc) is 2.99. The van der Waals surface area contributed by atoms with Gasteiger partial charge in [0, 0.05) is 57.4 Å². The third-order valence-corrected chi connectivity index (χ3v) is 8.44. The molecule has 1 aliphatic rings. The van der Waals surface area contributed by atoms with Gasteiger partial charge >= 0.3 is 0 Å². The number of methoxy groups -OCH3 is 1. The molecule has 2 N–H and O–H groups in total. The van der Waals surface area contributed by atoms with Crippen molar-refractivity contribution in [2.45, 2.75) is 11.3 Å². The number of piperazine rings is 1. The number of hydrogen-bond acceptors (Lipinski definition) is 7. The number of carbonyl (C=O) groups is 2. The van der Waals surface area contributed by atoms with Crippen LogP contribution in [0.15, 0.2) is 83.8 Å². The summed E-state index contributed by atoms with van der Waals surface area (Å²) < 4.78 is 32.5. The molecule has 1 saturated heterocycles. The van der Waals surface area contributed by atoms with E-state index < -0.39 is 15.9 Å². The van der Waals surface area contributed by atoms with Crippen LogP contribution in [0.2, 0.25) is 0 Å². The largest absolute Gasteiger partial charge is 0.497 e. The topological polar surface area (TPSA) is 111 Å². The number of nitrogens with zero attached hydrogens (tertiary/aromatic N) is 3. The van der Waals surface area contributed by atoms with Crippen LogP contribution in [-0.2, 0) is 14.8 Å². The zero-order chi connectivity index (χ0) is 27.8. The summed E-state index contributed by atoms with van der Waals surface area (Å²) in [6.45, 7) is 4.04. The Balaban J connectivity index is 1.26. The van der Waals surface area contributed by atoms with Crippen molar-refractivity contribution in [3.63, 3.8) is 0 Å². The Hall–Kier alpha value is -4.09. The maximum absolute atomic E-state index is 13.1. The molecule has 1 fully saturated rings. The molecule has 0 atom stereocenters. The molecule has 10 nitrogen and oxygen atoms in total. The van der Waals surface area contributed by atoms with Crippen LogP contribution in [0.4, 0.5) is 11.4 Å². The highest BCUT2D eigenvalue weighted by atomic mass is 32.2. The van der Waals surface area contributed by atoms with Crippen LogP contribution in [0.1, 0.15) is 16.8 Å². The fourth-order valence-electron chi connectivity index (χ4n) is 4.28. The summed E-state index contributed by atoms with van der Waals surface area (Å²) in [4.78, 5) is 29.5. The Kier molecular flexibility index (Phi) is 9.05. The highest BCUT2D eigenvalue weighted by Crippen LogP contribution is 2.24. The van der Waals surface area contributed by atoms with E-state index in [-0.39, 0.29) is 22.8 Å². The van der Waals surface area contributed by atoms with Crippen molar-refractivity contribution in [1.29, 1.82) is 0 Å². The number of amides is 2. The van der Waals surface area contributed by atoms with Crippen molar-refractivity contribution in [2.75, 3.05) is 56.1 Å². The van der Waals surface area contributed by atoms with E-state index in [4.69, 9.17) is 4.74 Å². The lowest BCUT2D eigenvalue weighted by Gasteiger charge is -2.36. The molecule has 39 heavy (non-hydrogen) atoms. The van der Waals surface area contributed by atoms with E-state index in [0.717, 1.165) is 30.5 Å². The van der Waals surface area contributed by atoms with Gasteiger partial charge < -0.3 is 9.64 Å². The molecule has 1 aliphatic heterocycles. The van der Waals surface area contributed by atoms with Gasteiger partial charge in [0.1, 0.15) is 5.75 Å². The minimum atomic E-state index is -3.93. The van der Waals surface area contributed by atoms with E-state index in [1.807, 2.05) is 18.2 Å². The number of carbonyl (C=O) groups excluding carboxylic acids is 2. The molecule has 0 aromatic heterocycles. The fourth-order valence-corrected chi connectivity index (χ4v) is 5.52. The second-order valence-electron chi connectivity index (χ2n) is 9.11. The number of hydrazine groups is 1. The van der Waals surface area contributed by atoms with Gasteiger partial charge in [0.2, 0.25) is 5.91 Å². The summed E-state index contributed by atoms with van der Waals surface area (Å²) in [5.74, 6) is -0.322. The molecule has 206 valence electrons. The van der Waals surface area contributed by atoms with Gasteiger partial charge in [-0.3, -0.25) is 29.6 Å². The highest BCUT2D eigenvalue weighted by molar-refractivity contribution is 7.92. The zero-order valence-corrected chi connectivity index (χ0v) is 22.9. The Morgan fingerprint density at radius 2 is 1.59 bits per heavy atom. The molecule has 0 aliphatic carbocycles. The second-order valence-corrected chi connectivity index (χ2v) is 11.1. The predicted octanol–water partition coefficient (Wildman–Crippen LogP) is 2.49. The van der Waals surface area contributed by atoms with Crippen LogP contribution in [-0.4, -0.2) is 72.0 Å². The second kappa shape index (κ2) is 12.6. The quantitative estimate of drug-likeness (QED) is 0.393. The lowest BCUT2D eigenvalue weighted by atomic mass is 10.2. The molecule has 2 amide bonds. The standard InChI is InChI=1S/C28H33N5O5S/c1-31(23-11-13-25(38-2)14-12-23)39(36,37)26-10-6-7-22(21-26)28(35)30-29-27(34)15-16-32-17-19-33(20-18-32)24-8-4-3-5-9-24/h3-14,21H,15-20H2,1-2H3,(H,29,34)(H,30,35). The van der Waals surface area contributed by atoms with Crippen molar-refractivity contribution in [3.05, 3.63) is 84.4 Å². The van der Waals surface area contributed by atoms with E-state index in [2.05, 4.69) is 32.8 Å². The molecule has 0 spiro atoms.